The van der Waals surface area contributed by atoms with Crippen molar-refractivity contribution in [2.45, 2.75) is 40.2 Å². The summed E-state index contributed by atoms with van der Waals surface area (Å²) in [4.78, 5) is 20.3. The summed E-state index contributed by atoms with van der Waals surface area (Å²) in [6.45, 7) is 7.66. The molecule has 0 aromatic carbocycles. The molecular formula is C13H22N4O2. The number of hydrogen-bond acceptors (Lipinski definition) is 6. The fraction of sp³-hybridized carbons (Fsp3) is 0.615. The minimum Gasteiger partial charge on any atom is -0.467 e. The first-order valence-corrected chi connectivity index (χ1v) is 6.38. The van der Waals surface area contributed by atoms with Gasteiger partial charge in [0.2, 0.25) is 0 Å². The molecule has 1 rings (SSSR count). The van der Waals surface area contributed by atoms with Crippen LogP contribution in [0.25, 0.3) is 0 Å². The molecule has 0 aliphatic carbocycles. The molecule has 0 aliphatic rings. The molecule has 0 radical (unpaired) electrons. The van der Waals surface area contributed by atoms with Crippen molar-refractivity contribution in [2.75, 3.05) is 18.2 Å². The molecule has 0 aliphatic heterocycles. The molecule has 0 saturated heterocycles. The summed E-state index contributed by atoms with van der Waals surface area (Å²) in [6, 6.07) is -0.456. The molecular weight excluding hydrogens is 244 g/mol. The van der Waals surface area contributed by atoms with Crippen LogP contribution in [0.1, 0.15) is 32.2 Å². The first-order valence-electron chi connectivity index (χ1n) is 6.38. The lowest BCUT2D eigenvalue weighted by Gasteiger charge is -2.22. The van der Waals surface area contributed by atoms with E-state index in [4.69, 9.17) is 10.5 Å². The topological polar surface area (TPSA) is 90.1 Å². The Morgan fingerprint density at radius 2 is 2.05 bits per heavy atom. The van der Waals surface area contributed by atoms with Crippen LogP contribution < -0.4 is 11.1 Å². The van der Waals surface area contributed by atoms with Crippen molar-refractivity contribution in [1.82, 2.24) is 9.97 Å². The Balaban J connectivity index is 3.08. The first-order chi connectivity index (χ1) is 8.90. The maximum absolute atomic E-state index is 11.7. The Morgan fingerprint density at radius 3 is 2.53 bits per heavy atom. The van der Waals surface area contributed by atoms with Gasteiger partial charge in [0.05, 0.1) is 7.11 Å². The molecule has 106 valence electrons. The number of aromatic nitrogens is 2. The third kappa shape index (κ3) is 3.56. The molecule has 1 aromatic heterocycles. The quantitative estimate of drug-likeness (QED) is 0.786. The monoisotopic (exact) mass is 266 g/mol. The normalized spacial score (nSPS) is 12.3. The van der Waals surface area contributed by atoms with Gasteiger partial charge in [-0.2, -0.15) is 0 Å². The van der Waals surface area contributed by atoms with Gasteiger partial charge in [-0.05, 0) is 12.8 Å². The van der Waals surface area contributed by atoms with Crippen molar-refractivity contribution in [3.63, 3.8) is 0 Å². The van der Waals surface area contributed by atoms with Crippen molar-refractivity contribution in [3.8, 4) is 0 Å². The number of ether oxygens (including phenoxy) is 1. The zero-order valence-electron chi connectivity index (χ0n) is 12.2. The summed E-state index contributed by atoms with van der Waals surface area (Å²) in [5.74, 6) is 1.44. The minimum absolute atomic E-state index is 0.0770. The number of anilines is 2. The van der Waals surface area contributed by atoms with Crippen LogP contribution >= 0.6 is 0 Å². The number of methoxy groups -OCH3 is 1. The molecule has 0 spiro atoms. The van der Waals surface area contributed by atoms with Gasteiger partial charge in [-0.25, -0.2) is 14.8 Å². The van der Waals surface area contributed by atoms with Crippen LogP contribution in [0, 0.1) is 12.8 Å². The lowest BCUT2D eigenvalue weighted by Crippen LogP contribution is -2.36. The number of nitrogens with two attached hydrogens (primary N) is 1. The molecule has 6 nitrogen and oxygen atoms in total. The highest BCUT2D eigenvalue weighted by molar-refractivity contribution is 5.79. The Labute approximate surface area is 113 Å². The fourth-order valence-electron chi connectivity index (χ4n) is 1.65. The van der Waals surface area contributed by atoms with E-state index in [1.807, 2.05) is 27.7 Å². The Morgan fingerprint density at radius 1 is 1.42 bits per heavy atom. The van der Waals surface area contributed by atoms with Crippen LogP contribution in [0.2, 0.25) is 0 Å². The van der Waals surface area contributed by atoms with E-state index >= 15 is 0 Å². The molecule has 0 amide bonds. The average molecular weight is 266 g/mol. The maximum Gasteiger partial charge on any atom is 0.328 e. The fourth-order valence-corrected chi connectivity index (χ4v) is 1.65. The van der Waals surface area contributed by atoms with Crippen molar-refractivity contribution in [1.29, 1.82) is 0 Å². The van der Waals surface area contributed by atoms with E-state index < -0.39 is 6.04 Å². The second kappa shape index (κ2) is 6.36. The largest absolute Gasteiger partial charge is 0.467 e. The Bertz CT molecular complexity index is 460. The number of nitrogens with zero attached hydrogens (tertiary/aromatic N) is 2. The van der Waals surface area contributed by atoms with Crippen LogP contribution in [0.15, 0.2) is 0 Å². The van der Waals surface area contributed by atoms with Crippen molar-refractivity contribution < 1.29 is 9.53 Å². The molecule has 6 heteroatoms. The van der Waals surface area contributed by atoms with Gasteiger partial charge in [-0.3, -0.25) is 0 Å². The summed E-state index contributed by atoms with van der Waals surface area (Å²) >= 11 is 0. The lowest BCUT2D eigenvalue weighted by atomic mass is 10.0. The highest BCUT2D eigenvalue weighted by Crippen LogP contribution is 2.20. The number of carbonyl (C=O) groups is 1. The number of esters is 1. The van der Waals surface area contributed by atoms with Crippen molar-refractivity contribution >= 4 is 17.6 Å². The minimum atomic E-state index is -0.456. The summed E-state index contributed by atoms with van der Waals surface area (Å²) in [7, 11) is 1.37. The number of rotatable bonds is 5. The molecule has 1 heterocycles. The van der Waals surface area contributed by atoms with Gasteiger partial charge in [0.1, 0.15) is 23.5 Å². The number of aryl methyl sites for hydroxylation is 1. The predicted octanol–water partition coefficient (Wildman–Crippen LogP) is 1.54. The van der Waals surface area contributed by atoms with Crippen LogP contribution in [-0.4, -0.2) is 29.1 Å². The van der Waals surface area contributed by atoms with Gasteiger partial charge in [0.15, 0.2) is 0 Å². The standard InChI is InChI=1S/C13H22N4O2/c1-6-9-15-11(14)8(4)12(16-9)17-10(7(2)3)13(18)19-5/h7,10H,6H2,1-5H3,(H3,14,15,16,17). The Hall–Kier alpha value is -1.85. The molecule has 1 atom stereocenters. The summed E-state index contributed by atoms with van der Waals surface area (Å²) < 4.78 is 4.80. The second-order valence-electron chi connectivity index (χ2n) is 4.74. The van der Waals surface area contributed by atoms with Gasteiger partial charge in [-0.1, -0.05) is 20.8 Å². The molecule has 0 saturated carbocycles. The lowest BCUT2D eigenvalue weighted by molar-refractivity contribution is -0.142. The van der Waals surface area contributed by atoms with Crippen LogP contribution in [0.5, 0.6) is 0 Å². The van der Waals surface area contributed by atoms with E-state index in [-0.39, 0.29) is 11.9 Å². The molecule has 0 bridgehead atoms. The van der Waals surface area contributed by atoms with E-state index in [2.05, 4.69) is 15.3 Å². The van der Waals surface area contributed by atoms with Gasteiger partial charge in [0.25, 0.3) is 0 Å². The maximum atomic E-state index is 11.7. The van der Waals surface area contributed by atoms with Crippen LogP contribution in [-0.2, 0) is 16.0 Å². The van der Waals surface area contributed by atoms with Crippen LogP contribution in [0.4, 0.5) is 11.6 Å². The SMILES string of the molecule is CCc1nc(N)c(C)c(NC(C(=O)OC)C(C)C)n1. The van der Waals surface area contributed by atoms with Gasteiger partial charge in [0, 0.05) is 12.0 Å². The van der Waals surface area contributed by atoms with E-state index in [0.717, 1.165) is 5.56 Å². The van der Waals surface area contributed by atoms with Gasteiger partial charge >= 0.3 is 5.97 Å². The zero-order valence-corrected chi connectivity index (χ0v) is 12.2. The molecule has 1 unspecified atom stereocenters. The average Bonchev–Trinajstić information content (AvgIpc) is 2.38. The zero-order chi connectivity index (χ0) is 14.6. The molecule has 19 heavy (non-hydrogen) atoms. The third-order valence-electron chi connectivity index (χ3n) is 2.96. The third-order valence-corrected chi connectivity index (χ3v) is 2.96. The number of carbonyl (C=O) groups excluding carboxylic acids is 1. The summed E-state index contributed by atoms with van der Waals surface area (Å²) in [6.07, 6.45) is 0.684. The molecule has 3 N–H and O–H groups in total. The predicted molar refractivity (Wildman–Crippen MR) is 74.8 cm³/mol. The van der Waals surface area contributed by atoms with E-state index in [1.165, 1.54) is 7.11 Å². The van der Waals surface area contributed by atoms with Crippen molar-refractivity contribution in [3.05, 3.63) is 11.4 Å². The smallest absolute Gasteiger partial charge is 0.328 e. The van der Waals surface area contributed by atoms with E-state index in [0.29, 0.717) is 23.9 Å². The first kappa shape index (κ1) is 15.2. The highest BCUT2D eigenvalue weighted by atomic mass is 16.5. The second-order valence-corrected chi connectivity index (χ2v) is 4.74. The van der Waals surface area contributed by atoms with Crippen LogP contribution in [0.3, 0.4) is 0 Å². The van der Waals surface area contributed by atoms with Gasteiger partial charge in [-0.15, -0.1) is 0 Å². The summed E-state index contributed by atoms with van der Waals surface area (Å²) in [5, 5.41) is 3.11. The molecule has 0 fully saturated rings. The summed E-state index contributed by atoms with van der Waals surface area (Å²) in [5.41, 5.74) is 6.59. The Kier molecular flexibility index (Phi) is 5.09. The number of nitrogens with one attached hydrogen (secondary N) is 1. The molecule has 1 aromatic rings. The van der Waals surface area contributed by atoms with Gasteiger partial charge < -0.3 is 15.8 Å². The van der Waals surface area contributed by atoms with E-state index in [9.17, 15) is 4.79 Å². The van der Waals surface area contributed by atoms with E-state index in [1.54, 1.807) is 0 Å². The number of hydrogen-bond donors (Lipinski definition) is 2. The highest BCUT2D eigenvalue weighted by Gasteiger charge is 2.24. The number of nitrogen functional groups attached to an aromatic ring is 1. The van der Waals surface area contributed by atoms with Crippen molar-refractivity contribution in [2.24, 2.45) is 5.92 Å².